The summed E-state index contributed by atoms with van der Waals surface area (Å²) in [6, 6.07) is 2.13. The lowest BCUT2D eigenvalue weighted by atomic mass is 9.96. The lowest BCUT2D eigenvalue weighted by Gasteiger charge is -2.14. The van der Waals surface area contributed by atoms with E-state index >= 15 is 0 Å². The Morgan fingerprint density at radius 3 is 2.50 bits per heavy atom. The number of nitrogens with two attached hydrogens (primary N) is 1. The second-order valence-corrected chi connectivity index (χ2v) is 4.09. The third-order valence-corrected chi connectivity index (χ3v) is 2.89. The Labute approximate surface area is 97.6 Å². The van der Waals surface area contributed by atoms with Crippen molar-refractivity contribution in [3.63, 3.8) is 0 Å². The van der Waals surface area contributed by atoms with Crippen LogP contribution in [0.25, 0.3) is 0 Å². The van der Waals surface area contributed by atoms with Gasteiger partial charge in [-0.2, -0.15) is 0 Å². The van der Waals surface area contributed by atoms with Crippen LogP contribution in [-0.2, 0) is 15.9 Å². The Morgan fingerprint density at radius 2 is 1.88 bits per heavy atom. The first-order valence-electron chi connectivity index (χ1n) is 5.49. The molecule has 0 saturated heterocycles. The quantitative estimate of drug-likeness (QED) is 0.473. The molecule has 0 aliphatic rings. The van der Waals surface area contributed by atoms with Crippen LogP contribution in [0, 0.1) is 20.8 Å². The minimum Gasteiger partial charge on any atom is -0.398 e. The largest absolute Gasteiger partial charge is 0.398 e. The van der Waals surface area contributed by atoms with Crippen LogP contribution >= 0.6 is 0 Å². The Morgan fingerprint density at radius 1 is 1.19 bits per heavy atom. The fourth-order valence-corrected chi connectivity index (χ4v) is 1.94. The predicted octanol–water partition coefficient (Wildman–Crippen LogP) is 2.36. The van der Waals surface area contributed by atoms with E-state index < -0.39 is 0 Å². The van der Waals surface area contributed by atoms with Gasteiger partial charge in [-0.3, -0.25) is 0 Å². The number of ether oxygens (including phenoxy) is 2. The maximum atomic E-state index is 6.02. The fourth-order valence-electron chi connectivity index (χ4n) is 1.94. The van der Waals surface area contributed by atoms with E-state index in [1.165, 1.54) is 16.7 Å². The van der Waals surface area contributed by atoms with Gasteiger partial charge in [0.25, 0.3) is 0 Å². The Hall–Kier alpha value is -1.06. The summed E-state index contributed by atoms with van der Waals surface area (Å²) in [5, 5.41) is 0. The van der Waals surface area contributed by atoms with Crippen LogP contribution in [0.5, 0.6) is 0 Å². The van der Waals surface area contributed by atoms with Crippen molar-refractivity contribution in [2.45, 2.75) is 27.2 Å². The van der Waals surface area contributed by atoms with E-state index in [2.05, 4.69) is 19.9 Å². The summed E-state index contributed by atoms with van der Waals surface area (Å²) in [5.41, 5.74) is 11.8. The van der Waals surface area contributed by atoms with Crippen LogP contribution in [0.2, 0.25) is 0 Å². The third kappa shape index (κ3) is 2.97. The number of aryl methyl sites for hydroxylation is 2. The lowest BCUT2D eigenvalue weighted by molar-refractivity contribution is -0.0292. The van der Waals surface area contributed by atoms with Gasteiger partial charge in [-0.25, -0.2) is 0 Å². The van der Waals surface area contributed by atoms with E-state index in [9.17, 15) is 0 Å². The molecule has 1 rings (SSSR count). The molecule has 0 unspecified atom stereocenters. The number of hydrogen-bond acceptors (Lipinski definition) is 3. The normalized spacial score (nSPS) is 10.8. The number of nitrogen functional groups attached to an aromatic ring is 1. The third-order valence-electron chi connectivity index (χ3n) is 2.89. The molecule has 0 heterocycles. The molecular weight excluding hydrogens is 202 g/mol. The van der Waals surface area contributed by atoms with Crippen molar-refractivity contribution in [1.82, 2.24) is 0 Å². The summed E-state index contributed by atoms with van der Waals surface area (Å²) >= 11 is 0. The first kappa shape index (κ1) is 13.0. The Bertz CT molecular complexity index is 361. The van der Waals surface area contributed by atoms with Gasteiger partial charge in [0, 0.05) is 12.8 Å². The van der Waals surface area contributed by atoms with E-state index in [4.69, 9.17) is 15.2 Å². The number of methoxy groups -OCH3 is 1. The zero-order valence-corrected chi connectivity index (χ0v) is 10.6. The number of anilines is 1. The zero-order valence-electron chi connectivity index (χ0n) is 10.6. The maximum Gasteiger partial charge on any atom is 0.146 e. The molecule has 0 radical (unpaired) electrons. The number of rotatable bonds is 5. The topological polar surface area (TPSA) is 44.5 Å². The lowest BCUT2D eigenvalue weighted by Crippen LogP contribution is -2.06. The first-order valence-corrected chi connectivity index (χ1v) is 5.49. The van der Waals surface area contributed by atoms with Gasteiger partial charge < -0.3 is 15.2 Å². The minimum absolute atomic E-state index is 0.347. The van der Waals surface area contributed by atoms with Crippen molar-refractivity contribution in [1.29, 1.82) is 0 Å². The maximum absolute atomic E-state index is 6.02. The molecule has 2 N–H and O–H groups in total. The summed E-state index contributed by atoms with van der Waals surface area (Å²) in [4.78, 5) is 0. The van der Waals surface area contributed by atoms with Crippen molar-refractivity contribution in [3.05, 3.63) is 28.3 Å². The van der Waals surface area contributed by atoms with Crippen LogP contribution in [0.1, 0.15) is 22.3 Å². The van der Waals surface area contributed by atoms with E-state index in [0.717, 1.165) is 17.7 Å². The molecule has 0 spiro atoms. The highest BCUT2D eigenvalue weighted by atomic mass is 16.7. The standard InChI is InChI=1S/C13H21NO2/c1-9-7-10(2)13(14)11(3)12(9)5-6-16-8-15-4/h7H,5-6,8,14H2,1-4H3. The van der Waals surface area contributed by atoms with Gasteiger partial charge in [0.15, 0.2) is 0 Å². The second-order valence-electron chi connectivity index (χ2n) is 4.09. The average Bonchev–Trinajstić information content (AvgIpc) is 2.25. The summed E-state index contributed by atoms with van der Waals surface area (Å²) in [5.74, 6) is 0. The molecule has 3 nitrogen and oxygen atoms in total. The molecule has 0 aliphatic carbocycles. The first-order chi connectivity index (χ1) is 7.57. The molecule has 0 saturated carbocycles. The fraction of sp³-hybridized carbons (Fsp3) is 0.538. The van der Waals surface area contributed by atoms with Gasteiger partial charge in [0.05, 0.1) is 6.61 Å². The van der Waals surface area contributed by atoms with E-state index in [1.54, 1.807) is 7.11 Å². The Balaban J connectivity index is 2.76. The molecule has 0 aromatic heterocycles. The molecule has 3 heteroatoms. The summed E-state index contributed by atoms with van der Waals surface area (Å²) in [6.45, 7) is 7.24. The highest BCUT2D eigenvalue weighted by Crippen LogP contribution is 2.24. The van der Waals surface area contributed by atoms with E-state index in [-0.39, 0.29) is 0 Å². The highest BCUT2D eigenvalue weighted by molar-refractivity contribution is 5.58. The van der Waals surface area contributed by atoms with Gasteiger partial charge in [0.2, 0.25) is 0 Å². The van der Waals surface area contributed by atoms with Gasteiger partial charge in [0.1, 0.15) is 6.79 Å². The predicted molar refractivity (Wildman–Crippen MR) is 66.6 cm³/mol. The molecule has 90 valence electrons. The number of hydrogen-bond donors (Lipinski definition) is 1. The molecular formula is C13H21NO2. The van der Waals surface area contributed by atoms with Gasteiger partial charge in [-0.05, 0) is 49.4 Å². The van der Waals surface area contributed by atoms with E-state index in [0.29, 0.717) is 13.4 Å². The van der Waals surface area contributed by atoms with Gasteiger partial charge in [-0.1, -0.05) is 6.07 Å². The minimum atomic E-state index is 0.347. The van der Waals surface area contributed by atoms with Crippen molar-refractivity contribution in [2.75, 3.05) is 26.2 Å². The van der Waals surface area contributed by atoms with Crippen molar-refractivity contribution in [2.24, 2.45) is 0 Å². The number of benzene rings is 1. The molecule has 0 atom stereocenters. The van der Waals surface area contributed by atoms with Crippen molar-refractivity contribution >= 4 is 5.69 Å². The second kappa shape index (κ2) is 5.87. The molecule has 16 heavy (non-hydrogen) atoms. The summed E-state index contributed by atoms with van der Waals surface area (Å²) in [7, 11) is 1.63. The summed E-state index contributed by atoms with van der Waals surface area (Å²) < 4.78 is 10.1. The molecule has 0 amide bonds. The van der Waals surface area contributed by atoms with Crippen LogP contribution < -0.4 is 5.73 Å². The van der Waals surface area contributed by atoms with Crippen LogP contribution in [-0.4, -0.2) is 20.5 Å². The van der Waals surface area contributed by atoms with Crippen LogP contribution in [0.15, 0.2) is 6.07 Å². The zero-order chi connectivity index (χ0) is 12.1. The SMILES string of the molecule is COCOCCc1c(C)cc(C)c(N)c1C. The highest BCUT2D eigenvalue weighted by Gasteiger charge is 2.08. The smallest absolute Gasteiger partial charge is 0.146 e. The Kier molecular flexibility index (Phi) is 4.77. The average molecular weight is 223 g/mol. The molecule has 1 aromatic carbocycles. The molecule has 1 aromatic rings. The van der Waals surface area contributed by atoms with E-state index in [1.807, 2.05) is 6.92 Å². The van der Waals surface area contributed by atoms with Crippen LogP contribution in [0.3, 0.4) is 0 Å². The molecule has 0 fully saturated rings. The molecule has 0 aliphatic heterocycles. The van der Waals surface area contributed by atoms with Crippen molar-refractivity contribution < 1.29 is 9.47 Å². The molecule has 0 bridgehead atoms. The van der Waals surface area contributed by atoms with Crippen molar-refractivity contribution in [3.8, 4) is 0 Å². The summed E-state index contributed by atoms with van der Waals surface area (Å²) in [6.07, 6.45) is 0.880. The monoisotopic (exact) mass is 223 g/mol. The van der Waals surface area contributed by atoms with Gasteiger partial charge in [-0.15, -0.1) is 0 Å². The van der Waals surface area contributed by atoms with Crippen LogP contribution in [0.4, 0.5) is 5.69 Å². The van der Waals surface area contributed by atoms with Gasteiger partial charge >= 0.3 is 0 Å².